The van der Waals surface area contributed by atoms with Gasteiger partial charge in [0.2, 0.25) is 0 Å². The molecule has 0 saturated carbocycles. The second kappa shape index (κ2) is 10.7. The Morgan fingerprint density at radius 3 is 2.55 bits per heavy atom. The molecule has 0 radical (unpaired) electrons. The molecule has 1 fully saturated rings. The SMILES string of the molecule is Cc1ccc(Nc2c(-c3nc4ccc(N5CCOCC5)cc4[nH]3)c(=O)n(Cc3ccccc3)c3ccccc23)c(N)c1. The Balaban J connectivity index is 1.44. The molecule has 0 aliphatic carbocycles. The third kappa shape index (κ3) is 4.76. The van der Waals surface area contributed by atoms with E-state index in [-0.39, 0.29) is 5.56 Å². The highest BCUT2D eigenvalue weighted by Gasteiger charge is 2.22. The van der Waals surface area contributed by atoms with Gasteiger partial charge in [-0.2, -0.15) is 0 Å². The molecule has 0 bridgehead atoms. The number of imidazole rings is 1. The van der Waals surface area contributed by atoms with Crippen LogP contribution in [0.15, 0.2) is 95.8 Å². The van der Waals surface area contributed by atoms with Gasteiger partial charge in [-0.25, -0.2) is 4.98 Å². The smallest absolute Gasteiger partial charge is 0.264 e. The van der Waals surface area contributed by atoms with Crippen LogP contribution >= 0.6 is 0 Å². The zero-order chi connectivity index (χ0) is 28.6. The van der Waals surface area contributed by atoms with Crippen molar-refractivity contribution in [2.75, 3.05) is 42.3 Å². The standard InChI is InChI=1S/C34H32N6O2/c1-22-11-13-27(26(35)19-22)36-32-25-9-5-6-10-30(25)40(21-23-7-3-2-4-8-23)34(41)31(32)33-37-28-14-12-24(20-29(28)38-33)39-15-17-42-18-16-39/h2-14,19-20,36H,15-18,21,35H2,1H3,(H,37,38). The Morgan fingerprint density at radius 2 is 1.74 bits per heavy atom. The Labute approximate surface area is 243 Å². The number of hydrogen-bond acceptors (Lipinski definition) is 6. The van der Waals surface area contributed by atoms with Crippen LogP contribution in [-0.2, 0) is 11.3 Å². The van der Waals surface area contributed by atoms with Gasteiger partial charge in [0.25, 0.3) is 5.56 Å². The van der Waals surface area contributed by atoms with E-state index in [4.69, 9.17) is 15.5 Å². The van der Waals surface area contributed by atoms with Gasteiger partial charge in [0.05, 0.1) is 53.4 Å². The van der Waals surface area contributed by atoms with Crippen LogP contribution in [0.1, 0.15) is 11.1 Å². The molecule has 42 heavy (non-hydrogen) atoms. The summed E-state index contributed by atoms with van der Waals surface area (Å²) in [6.07, 6.45) is 0. The first-order valence-corrected chi connectivity index (χ1v) is 14.2. The number of nitrogen functional groups attached to an aromatic ring is 1. The van der Waals surface area contributed by atoms with Gasteiger partial charge in [-0.15, -0.1) is 0 Å². The molecular weight excluding hydrogens is 524 g/mol. The molecule has 6 aromatic rings. The van der Waals surface area contributed by atoms with Crippen LogP contribution in [0.2, 0.25) is 0 Å². The number of aromatic amines is 1. The number of hydrogen-bond donors (Lipinski definition) is 3. The maximum atomic E-state index is 14.5. The molecule has 8 nitrogen and oxygen atoms in total. The molecule has 210 valence electrons. The molecule has 8 heteroatoms. The predicted molar refractivity (Wildman–Crippen MR) is 171 cm³/mol. The van der Waals surface area contributed by atoms with Gasteiger partial charge in [0, 0.05) is 24.2 Å². The quantitative estimate of drug-likeness (QED) is 0.216. The number of rotatable bonds is 6. The van der Waals surface area contributed by atoms with Gasteiger partial charge in [-0.3, -0.25) is 4.79 Å². The number of pyridine rings is 1. The second-order valence-corrected chi connectivity index (χ2v) is 10.7. The first-order chi connectivity index (χ1) is 20.5. The summed E-state index contributed by atoms with van der Waals surface area (Å²) in [5.41, 5.74) is 14.5. The van der Waals surface area contributed by atoms with E-state index in [9.17, 15) is 4.79 Å². The molecule has 1 saturated heterocycles. The first kappa shape index (κ1) is 25.9. The monoisotopic (exact) mass is 556 g/mol. The molecule has 1 aliphatic rings. The normalized spacial score (nSPS) is 13.6. The fraction of sp³-hybridized carbons (Fsp3) is 0.176. The summed E-state index contributed by atoms with van der Waals surface area (Å²) >= 11 is 0. The largest absolute Gasteiger partial charge is 0.397 e. The van der Waals surface area contributed by atoms with Crippen molar-refractivity contribution in [2.45, 2.75) is 13.5 Å². The van der Waals surface area contributed by atoms with Crippen LogP contribution in [0.4, 0.5) is 22.7 Å². The number of nitrogens with two attached hydrogens (primary N) is 1. The topological polar surface area (TPSA) is 101 Å². The van der Waals surface area contributed by atoms with Gasteiger partial charge in [-0.1, -0.05) is 54.6 Å². The number of benzene rings is 4. The lowest BCUT2D eigenvalue weighted by molar-refractivity contribution is 0.122. The van der Waals surface area contributed by atoms with Gasteiger partial charge in [-0.05, 0) is 54.4 Å². The van der Waals surface area contributed by atoms with Crippen LogP contribution in [0, 0.1) is 6.92 Å². The van der Waals surface area contributed by atoms with Crippen LogP contribution in [0.5, 0.6) is 0 Å². The first-order valence-electron chi connectivity index (χ1n) is 14.2. The van der Waals surface area contributed by atoms with E-state index in [0.29, 0.717) is 42.5 Å². The number of para-hydroxylation sites is 1. The zero-order valence-corrected chi connectivity index (χ0v) is 23.4. The van der Waals surface area contributed by atoms with Gasteiger partial charge >= 0.3 is 0 Å². The molecule has 0 amide bonds. The van der Waals surface area contributed by atoms with E-state index >= 15 is 0 Å². The second-order valence-electron chi connectivity index (χ2n) is 10.7. The Morgan fingerprint density at radius 1 is 0.952 bits per heavy atom. The van der Waals surface area contributed by atoms with Gasteiger partial charge in [0.1, 0.15) is 11.4 Å². The molecular formula is C34H32N6O2. The summed E-state index contributed by atoms with van der Waals surface area (Å²) in [5.74, 6) is 0.509. The van der Waals surface area contributed by atoms with Crippen LogP contribution in [-0.4, -0.2) is 40.8 Å². The number of morpholine rings is 1. The van der Waals surface area contributed by atoms with Crippen molar-refractivity contribution in [3.63, 3.8) is 0 Å². The van der Waals surface area contributed by atoms with Crippen molar-refractivity contribution in [1.82, 2.24) is 14.5 Å². The summed E-state index contributed by atoms with van der Waals surface area (Å²) in [5, 5.41) is 4.43. The number of aromatic nitrogens is 3. The van der Waals surface area contributed by atoms with Crippen LogP contribution in [0.3, 0.4) is 0 Å². The summed E-state index contributed by atoms with van der Waals surface area (Å²) in [4.78, 5) is 25.3. The maximum Gasteiger partial charge on any atom is 0.264 e. The number of aryl methyl sites for hydroxylation is 1. The highest BCUT2D eigenvalue weighted by atomic mass is 16.5. The molecule has 0 unspecified atom stereocenters. The number of nitrogens with one attached hydrogen (secondary N) is 2. The number of H-pyrrole nitrogens is 1. The van der Waals surface area contributed by atoms with E-state index in [1.165, 1.54) is 0 Å². The van der Waals surface area contributed by atoms with E-state index < -0.39 is 0 Å². The lowest BCUT2D eigenvalue weighted by Gasteiger charge is -2.28. The Bertz CT molecular complexity index is 1970. The predicted octanol–water partition coefficient (Wildman–Crippen LogP) is 6.06. The third-order valence-corrected chi connectivity index (χ3v) is 7.90. The van der Waals surface area contributed by atoms with Crippen molar-refractivity contribution in [3.05, 3.63) is 112 Å². The Hall–Kier alpha value is -5.08. The molecule has 0 atom stereocenters. The summed E-state index contributed by atoms with van der Waals surface area (Å²) < 4.78 is 7.36. The average molecular weight is 557 g/mol. The van der Waals surface area contributed by atoms with E-state index in [1.54, 1.807) is 0 Å². The fourth-order valence-corrected chi connectivity index (χ4v) is 5.74. The molecule has 3 heterocycles. The van der Waals surface area contributed by atoms with E-state index in [0.717, 1.165) is 57.5 Å². The minimum absolute atomic E-state index is 0.141. The fourth-order valence-electron chi connectivity index (χ4n) is 5.74. The average Bonchev–Trinajstić information content (AvgIpc) is 3.44. The van der Waals surface area contributed by atoms with E-state index in [1.807, 2.05) is 90.4 Å². The van der Waals surface area contributed by atoms with Crippen LogP contribution < -0.4 is 21.5 Å². The van der Waals surface area contributed by atoms with Crippen LogP contribution in [0.25, 0.3) is 33.3 Å². The summed E-state index contributed by atoms with van der Waals surface area (Å²) in [6, 6.07) is 30.1. The number of fused-ring (bicyclic) bond motifs is 2. The van der Waals surface area contributed by atoms with E-state index in [2.05, 4.69) is 27.3 Å². The lowest BCUT2D eigenvalue weighted by Crippen LogP contribution is -2.36. The third-order valence-electron chi connectivity index (χ3n) is 7.90. The number of anilines is 4. The van der Waals surface area contributed by atoms with Crippen molar-refractivity contribution in [2.24, 2.45) is 0 Å². The maximum absolute atomic E-state index is 14.5. The summed E-state index contributed by atoms with van der Waals surface area (Å²) in [7, 11) is 0. The number of ether oxygens (including phenoxy) is 1. The minimum atomic E-state index is -0.141. The number of nitrogens with zero attached hydrogens (tertiary/aromatic N) is 3. The highest BCUT2D eigenvalue weighted by molar-refractivity contribution is 6.02. The minimum Gasteiger partial charge on any atom is -0.397 e. The molecule has 2 aromatic heterocycles. The molecule has 4 N–H and O–H groups in total. The molecule has 4 aromatic carbocycles. The van der Waals surface area contributed by atoms with Gasteiger partial charge < -0.3 is 30.2 Å². The summed E-state index contributed by atoms with van der Waals surface area (Å²) in [6.45, 7) is 5.54. The van der Waals surface area contributed by atoms with Crippen molar-refractivity contribution in [1.29, 1.82) is 0 Å². The molecule has 1 aliphatic heterocycles. The van der Waals surface area contributed by atoms with Crippen molar-refractivity contribution in [3.8, 4) is 11.4 Å². The van der Waals surface area contributed by atoms with Crippen molar-refractivity contribution >= 4 is 44.7 Å². The zero-order valence-electron chi connectivity index (χ0n) is 23.4. The molecule has 0 spiro atoms. The van der Waals surface area contributed by atoms with Crippen molar-refractivity contribution < 1.29 is 4.74 Å². The highest BCUT2D eigenvalue weighted by Crippen LogP contribution is 2.36. The molecule has 7 rings (SSSR count). The Kier molecular flexibility index (Phi) is 6.60. The van der Waals surface area contributed by atoms with Gasteiger partial charge in [0.15, 0.2) is 0 Å². The lowest BCUT2D eigenvalue weighted by atomic mass is 10.1.